The number of fused-ring (bicyclic) bond motifs is 1. The molecule has 2 aromatic rings. The van der Waals surface area contributed by atoms with Crippen molar-refractivity contribution in [2.24, 2.45) is 5.73 Å². The second kappa shape index (κ2) is 4.44. The van der Waals surface area contributed by atoms with E-state index in [1.54, 1.807) is 11.3 Å². The van der Waals surface area contributed by atoms with Crippen molar-refractivity contribution in [3.63, 3.8) is 0 Å². The van der Waals surface area contributed by atoms with Crippen molar-refractivity contribution in [3.05, 3.63) is 50.6 Å². The summed E-state index contributed by atoms with van der Waals surface area (Å²) in [5, 5.41) is 0. The van der Waals surface area contributed by atoms with E-state index < -0.39 is 0 Å². The van der Waals surface area contributed by atoms with Crippen LogP contribution in [0.5, 0.6) is 5.75 Å². The average Bonchev–Trinajstić information content (AvgIpc) is 2.76. The highest BCUT2D eigenvalue weighted by Gasteiger charge is 2.27. The Morgan fingerprint density at radius 3 is 2.82 bits per heavy atom. The van der Waals surface area contributed by atoms with Gasteiger partial charge in [0.1, 0.15) is 11.9 Å². The van der Waals surface area contributed by atoms with E-state index in [9.17, 15) is 0 Å². The second-order valence-electron chi connectivity index (χ2n) is 4.13. The molecule has 88 valence electrons. The molecule has 0 aliphatic carbocycles. The third-order valence-electron chi connectivity index (χ3n) is 2.97. The van der Waals surface area contributed by atoms with Gasteiger partial charge in [-0.2, -0.15) is 0 Å². The molecule has 1 aliphatic heterocycles. The van der Waals surface area contributed by atoms with E-state index in [0.29, 0.717) is 0 Å². The van der Waals surface area contributed by atoms with E-state index in [2.05, 4.69) is 28.1 Å². The van der Waals surface area contributed by atoms with E-state index in [1.807, 2.05) is 24.3 Å². The third kappa shape index (κ3) is 2.12. The molecule has 2 atom stereocenters. The van der Waals surface area contributed by atoms with Gasteiger partial charge in [-0.1, -0.05) is 18.2 Å². The van der Waals surface area contributed by atoms with Gasteiger partial charge in [-0.05, 0) is 34.1 Å². The maximum atomic E-state index is 6.19. The van der Waals surface area contributed by atoms with Crippen molar-refractivity contribution in [1.29, 1.82) is 0 Å². The van der Waals surface area contributed by atoms with Crippen LogP contribution in [0.1, 0.15) is 29.0 Å². The van der Waals surface area contributed by atoms with Crippen molar-refractivity contribution in [2.75, 3.05) is 0 Å². The molecule has 0 fully saturated rings. The SMILES string of the molecule is NC1CC(c2ccc(Br)s2)Oc2ccccc21. The first-order valence-electron chi connectivity index (χ1n) is 5.50. The zero-order chi connectivity index (χ0) is 11.8. The highest BCUT2D eigenvalue weighted by molar-refractivity contribution is 9.11. The fourth-order valence-corrected chi connectivity index (χ4v) is 3.59. The number of hydrogen-bond donors (Lipinski definition) is 1. The Morgan fingerprint density at radius 2 is 2.06 bits per heavy atom. The lowest BCUT2D eigenvalue weighted by atomic mass is 9.97. The first-order valence-corrected chi connectivity index (χ1v) is 7.11. The van der Waals surface area contributed by atoms with Crippen LogP contribution in [0.25, 0.3) is 0 Å². The minimum Gasteiger partial charge on any atom is -0.484 e. The molecule has 2 N–H and O–H groups in total. The Bertz CT molecular complexity index is 540. The minimum absolute atomic E-state index is 0.0609. The first-order chi connectivity index (χ1) is 8.24. The monoisotopic (exact) mass is 309 g/mol. The molecular weight excluding hydrogens is 298 g/mol. The number of halogens is 1. The summed E-state index contributed by atoms with van der Waals surface area (Å²) in [6.07, 6.45) is 0.917. The van der Waals surface area contributed by atoms with Gasteiger partial charge in [-0.25, -0.2) is 0 Å². The fraction of sp³-hybridized carbons (Fsp3) is 0.231. The predicted molar refractivity (Wildman–Crippen MR) is 73.4 cm³/mol. The van der Waals surface area contributed by atoms with Gasteiger partial charge in [0.15, 0.2) is 0 Å². The molecule has 4 heteroatoms. The first kappa shape index (κ1) is 11.3. The van der Waals surface area contributed by atoms with Crippen LogP contribution in [0.15, 0.2) is 40.2 Å². The van der Waals surface area contributed by atoms with Gasteiger partial charge in [0, 0.05) is 22.9 Å². The molecule has 0 radical (unpaired) electrons. The van der Waals surface area contributed by atoms with Crippen molar-refractivity contribution >= 4 is 27.3 Å². The number of benzene rings is 1. The fourth-order valence-electron chi connectivity index (χ4n) is 2.13. The summed E-state index contributed by atoms with van der Waals surface area (Å²) < 4.78 is 7.14. The number of para-hydroxylation sites is 1. The highest BCUT2D eigenvalue weighted by atomic mass is 79.9. The molecule has 17 heavy (non-hydrogen) atoms. The maximum Gasteiger partial charge on any atom is 0.135 e. The van der Waals surface area contributed by atoms with Gasteiger partial charge in [0.2, 0.25) is 0 Å². The molecule has 1 aromatic heterocycles. The van der Waals surface area contributed by atoms with Gasteiger partial charge in [-0.3, -0.25) is 0 Å². The smallest absolute Gasteiger partial charge is 0.135 e. The van der Waals surface area contributed by atoms with Gasteiger partial charge in [0.05, 0.1) is 3.79 Å². The van der Waals surface area contributed by atoms with E-state index in [0.717, 1.165) is 21.5 Å². The maximum absolute atomic E-state index is 6.19. The second-order valence-corrected chi connectivity index (χ2v) is 6.62. The van der Waals surface area contributed by atoms with Crippen molar-refractivity contribution in [1.82, 2.24) is 0 Å². The number of thiophene rings is 1. The Balaban J connectivity index is 1.93. The van der Waals surface area contributed by atoms with Crippen molar-refractivity contribution in [3.8, 4) is 5.75 Å². The van der Waals surface area contributed by atoms with Gasteiger partial charge >= 0.3 is 0 Å². The number of hydrogen-bond acceptors (Lipinski definition) is 3. The van der Waals surface area contributed by atoms with E-state index >= 15 is 0 Å². The number of nitrogens with two attached hydrogens (primary N) is 1. The zero-order valence-electron chi connectivity index (χ0n) is 9.10. The molecule has 0 saturated carbocycles. The average molecular weight is 310 g/mol. The Kier molecular flexibility index (Phi) is 2.94. The Labute approximate surface area is 113 Å². The molecule has 1 aliphatic rings. The quantitative estimate of drug-likeness (QED) is 0.863. The highest BCUT2D eigenvalue weighted by Crippen LogP contribution is 2.41. The van der Waals surface area contributed by atoms with Gasteiger partial charge in [0.25, 0.3) is 0 Å². The molecule has 0 saturated heterocycles. The van der Waals surface area contributed by atoms with Crippen LogP contribution >= 0.6 is 27.3 Å². The van der Waals surface area contributed by atoms with E-state index in [4.69, 9.17) is 10.5 Å². The lowest BCUT2D eigenvalue weighted by Gasteiger charge is -2.29. The Morgan fingerprint density at radius 1 is 1.24 bits per heavy atom. The normalized spacial score (nSPS) is 22.9. The molecule has 2 unspecified atom stereocenters. The summed E-state index contributed by atoms with van der Waals surface area (Å²) in [7, 11) is 0. The van der Waals surface area contributed by atoms with Crippen LogP contribution in [0.4, 0.5) is 0 Å². The molecular formula is C13H12BrNOS. The lowest BCUT2D eigenvalue weighted by molar-refractivity contribution is 0.165. The molecule has 0 spiro atoms. The van der Waals surface area contributed by atoms with Crippen LogP contribution < -0.4 is 10.5 Å². The van der Waals surface area contributed by atoms with Crippen LogP contribution in [0, 0.1) is 0 Å². The largest absolute Gasteiger partial charge is 0.484 e. The van der Waals surface area contributed by atoms with E-state index in [-0.39, 0.29) is 12.1 Å². The lowest BCUT2D eigenvalue weighted by Crippen LogP contribution is -2.23. The molecule has 3 rings (SSSR count). The molecule has 1 aromatic carbocycles. The summed E-state index contributed by atoms with van der Waals surface area (Å²) in [6, 6.07) is 12.2. The summed E-state index contributed by atoms with van der Waals surface area (Å²) in [5.41, 5.74) is 7.30. The van der Waals surface area contributed by atoms with Crippen LogP contribution in [0.2, 0.25) is 0 Å². The number of ether oxygens (including phenoxy) is 1. The van der Waals surface area contributed by atoms with Crippen LogP contribution in [-0.2, 0) is 0 Å². The summed E-state index contributed by atoms with van der Waals surface area (Å²) in [6.45, 7) is 0. The molecule has 0 amide bonds. The van der Waals surface area contributed by atoms with E-state index in [1.165, 1.54) is 4.88 Å². The summed E-state index contributed by atoms with van der Waals surface area (Å²) in [5.74, 6) is 0.917. The predicted octanol–water partition coefficient (Wildman–Crippen LogP) is 4.03. The minimum atomic E-state index is 0.0609. The molecule has 2 heterocycles. The van der Waals surface area contributed by atoms with Crippen LogP contribution in [-0.4, -0.2) is 0 Å². The van der Waals surface area contributed by atoms with Gasteiger partial charge in [-0.15, -0.1) is 11.3 Å². The topological polar surface area (TPSA) is 35.2 Å². The van der Waals surface area contributed by atoms with Crippen molar-refractivity contribution in [2.45, 2.75) is 18.6 Å². The van der Waals surface area contributed by atoms with Crippen LogP contribution in [0.3, 0.4) is 0 Å². The third-order valence-corrected chi connectivity index (χ3v) is 4.68. The molecule has 2 nitrogen and oxygen atoms in total. The van der Waals surface area contributed by atoms with Crippen molar-refractivity contribution < 1.29 is 4.74 Å². The molecule has 0 bridgehead atoms. The zero-order valence-corrected chi connectivity index (χ0v) is 11.5. The van der Waals surface area contributed by atoms with Gasteiger partial charge < -0.3 is 10.5 Å². The summed E-state index contributed by atoms with van der Waals surface area (Å²) >= 11 is 5.18. The standard InChI is InChI=1S/C13H12BrNOS/c14-13-6-5-12(17-13)11-7-9(15)8-3-1-2-4-10(8)16-11/h1-6,9,11H,7,15H2. The summed E-state index contributed by atoms with van der Waals surface area (Å²) in [4.78, 5) is 1.22. The number of rotatable bonds is 1. The Hall–Kier alpha value is -0.840.